The van der Waals surface area contributed by atoms with Crippen LogP contribution in [0.3, 0.4) is 0 Å². The molecule has 6 rings (SSSR count). The van der Waals surface area contributed by atoms with Crippen LogP contribution in [0.25, 0.3) is 22.3 Å². The van der Waals surface area contributed by atoms with Crippen LogP contribution in [0.4, 0.5) is 0 Å². The minimum absolute atomic E-state index is 0. The molecule has 43 heavy (non-hydrogen) atoms. The van der Waals surface area contributed by atoms with Gasteiger partial charge in [-0.25, -0.2) is 0 Å². The van der Waals surface area contributed by atoms with Crippen molar-refractivity contribution < 1.29 is 46.1 Å². The zero-order chi connectivity index (χ0) is 29.8. The fourth-order valence-electron chi connectivity index (χ4n) is 8.50. The number of rotatable bonds is 4. The Bertz CT molecular complexity index is 1670. The summed E-state index contributed by atoms with van der Waals surface area (Å²) in [6, 6.07) is 10.3. The van der Waals surface area contributed by atoms with E-state index in [0.29, 0.717) is 5.92 Å². The van der Waals surface area contributed by atoms with Gasteiger partial charge in [-0.3, -0.25) is 0 Å². The number of hydrogen-bond donors (Lipinski definition) is 0. The van der Waals surface area contributed by atoms with Gasteiger partial charge in [-0.2, -0.15) is 0 Å². The van der Waals surface area contributed by atoms with E-state index in [-0.39, 0.29) is 41.1 Å². The summed E-state index contributed by atoms with van der Waals surface area (Å²) in [5, 5.41) is 0. The molecule has 0 radical (unpaired) electrons. The minimum Gasteiger partial charge on any atom is -1.00 e. The van der Waals surface area contributed by atoms with E-state index in [0.717, 1.165) is 6.42 Å². The molecule has 4 aliphatic carbocycles. The van der Waals surface area contributed by atoms with Crippen LogP contribution in [0.15, 0.2) is 54.6 Å². The molecule has 0 heterocycles. The van der Waals surface area contributed by atoms with Crippen LogP contribution in [0.5, 0.6) is 0 Å². The molecule has 4 aliphatic rings. The van der Waals surface area contributed by atoms with Crippen LogP contribution in [0.2, 0.25) is 0 Å². The molecule has 0 bridgehead atoms. The van der Waals surface area contributed by atoms with Crippen molar-refractivity contribution in [3.63, 3.8) is 0 Å². The third-order valence-electron chi connectivity index (χ3n) is 10.5. The predicted molar refractivity (Wildman–Crippen MR) is 177 cm³/mol. The molecule has 0 aliphatic heterocycles. The molecular formula is C40H50Cl2Zr. The van der Waals surface area contributed by atoms with E-state index in [9.17, 15) is 0 Å². The molecule has 0 spiro atoms. The van der Waals surface area contributed by atoms with Crippen molar-refractivity contribution in [2.24, 2.45) is 11.3 Å². The van der Waals surface area contributed by atoms with Gasteiger partial charge in [0.05, 0.1) is 0 Å². The van der Waals surface area contributed by atoms with Gasteiger partial charge in [0.1, 0.15) is 0 Å². The van der Waals surface area contributed by atoms with Gasteiger partial charge in [0.2, 0.25) is 0 Å². The zero-order valence-electron chi connectivity index (χ0n) is 28.5. The maximum atomic E-state index is 2.68. The number of benzene rings is 2. The predicted octanol–water partition coefficient (Wildman–Crippen LogP) is 5.10. The molecule has 2 aromatic carbocycles. The van der Waals surface area contributed by atoms with Gasteiger partial charge in [-0.05, 0) is 0 Å². The second-order valence-corrected chi connectivity index (χ2v) is 22.7. The van der Waals surface area contributed by atoms with Crippen LogP contribution in [0.1, 0.15) is 129 Å². The van der Waals surface area contributed by atoms with E-state index >= 15 is 0 Å². The summed E-state index contributed by atoms with van der Waals surface area (Å²) < 4.78 is 5.37. The van der Waals surface area contributed by atoms with Crippen molar-refractivity contribution in [2.75, 3.05) is 0 Å². The summed E-state index contributed by atoms with van der Waals surface area (Å²) in [6.07, 6.45) is 11.4. The number of allylic oxidation sites excluding steroid dienone is 8. The zero-order valence-corrected chi connectivity index (χ0v) is 32.5. The third kappa shape index (κ3) is 5.36. The first-order chi connectivity index (χ1) is 19.1. The Hall–Kier alpha value is -1.27. The minimum atomic E-state index is -2.29. The van der Waals surface area contributed by atoms with E-state index < -0.39 is 21.3 Å². The summed E-state index contributed by atoms with van der Waals surface area (Å²) in [5.74, 6) is 0.623. The van der Waals surface area contributed by atoms with Gasteiger partial charge >= 0.3 is 259 Å². The summed E-state index contributed by atoms with van der Waals surface area (Å²) in [5.41, 5.74) is 17.1. The molecular weight excluding hydrogens is 643 g/mol. The van der Waals surface area contributed by atoms with Crippen molar-refractivity contribution in [1.29, 1.82) is 0 Å². The maximum absolute atomic E-state index is 2.68. The van der Waals surface area contributed by atoms with Crippen molar-refractivity contribution in [1.82, 2.24) is 0 Å². The molecule has 0 amide bonds. The number of hydrogen-bond acceptors (Lipinski definition) is 0. The van der Waals surface area contributed by atoms with Crippen molar-refractivity contribution in [3.8, 4) is 11.1 Å². The van der Waals surface area contributed by atoms with E-state index in [4.69, 9.17) is 0 Å². The van der Waals surface area contributed by atoms with E-state index in [2.05, 4.69) is 126 Å². The topological polar surface area (TPSA) is 0 Å². The van der Waals surface area contributed by atoms with Gasteiger partial charge in [0.25, 0.3) is 0 Å². The first kappa shape index (κ1) is 34.6. The van der Waals surface area contributed by atoms with Crippen molar-refractivity contribution >= 4 is 14.4 Å². The number of halogens is 2. The quantitative estimate of drug-likeness (QED) is 0.358. The Morgan fingerprint density at radius 3 is 2.00 bits per heavy atom. The average molecular weight is 693 g/mol. The summed E-state index contributed by atoms with van der Waals surface area (Å²) >= 11 is -2.29. The first-order valence-corrected chi connectivity index (χ1v) is 19.6. The number of fused-ring (bicyclic) bond motifs is 5. The van der Waals surface area contributed by atoms with E-state index in [1.54, 1.807) is 19.9 Å². The van der Waals surface area contributed by atoms with Gasteiger partial charge in [-0.1, -0.05) is 0 Å². The smallest absolute Gasteiger partial charge is 1.00 e. The Kier molecular flexibility index (Phi) is 9.27. The van der Waals surface area contributed by atoms with Crippen molar-refractivity contribution in [3.05, 3.63) is 88.0 Å². The van der Waals surface area contributed by atoms with Crippen molar-refractivity contribution in [2.45, 2.75) is 113 Å². The van der Waals surface area contributed by atoms with Gasteiger partial charge in [0, 0.05) is 0 Å². The van der Waals surface area contributed by atoms with Crippen LogP contribution < -0.4 is 24.8 Å². The van der Waals surface area contributed by atoms with Crippen LogP contribution in [-0.2, 0) is 38.5 Å². The SMILES string of the molecule is CCCC1C=C(C(C)(C)C)C=[C]1[Zr+2]([C]1=C(C)c2cc3c(cc2C1(C)C)Cc1cc2c(cc1-3)C(C)=CC2(C)C)=[C](C)C.[Cl-].[Cl-]. The molecule has 0 fully saturated rings. The Morgan fingerprint density at radius 1 is 0.860 bits per heavy atom. The van der Waals surface area contributed by atoms with Gasteiger partial charge < -0.3 is 24.8 Å². The Morgan fingerprint density at radius 2 is 1.44 bits per heavy atom. The fourth-order valence-corrected chi connectivity index (χ4v) is 17.2. The largest absolute Gasteiger partial charge is 1.00 e. The summed E-state index contributed by atoms with van der Waals surface area (Å²) in [7, 11) is 0. The molecule has 0 N–H and O–H groups in total. The standard InChI is InChI=1S/C25H25.C12H19.C3H6.2ClH.Zr/c1-14-12-24(3,4)22-8-16-7-17-9-23-19(15(2)13-25(23,5)6)11-21(17)20(16)10-18(14)22;1-5-6-10-7-8-11(9-10)12(2,3)4;1-3-2;;;/h8-12H,7H2,1-6H3;8-10H,5-6H2,1-4H3;1-2H3;2*1H;/q;;;;;+2/p-2. The molecule has 3 heteroatoms. The normalized spacial score (nSPS) is 20.1. The monoisotopic (exact) mass is 690 g/mol. The summed E-state index contributed by atoms with van der Waals surface area (Å²) in [4.78, 5) is 0. The van der Waals surface area contributed by atoms with Crippen LogP contribution >= 0.6 is 0 Å². The van der Waals surface area contributed by atoms with Crippen LogP contribution in [-0.4, -0.2) is 3.21 Å². The molecule has 1 unspecified atom stereocenters. The molecule has 1 atom stereocenters. The molecule has 0 nitrogen and oxygen atoms in total. The Labute approximate surface area is 282 Å². The molecule has 0 saturated heterocycles. The molecule has 0 aromatic heterocycles. The maximum Gasteiger partial charge on any atom is -1.00 e. The van der Waals surface area contributed by atoms with Crippen LogP contribution in [0, 0.1) is 11.3 Å². The third-order valence-corrected chi connectivity index (χ3v) is 19.4. The first-order valence-electron chi connectivity index (χ1n) is 15.9. The molecule has 2 aromatic rings. The molecule has 0 saturated carbocycles. The second kappa shape index (κ2) is 11.5. The Balaban J connectivity index is 0.00000212. The van der Waals surface area contributed by atoms with Gasteiger partial charge in [-0.15, -0.1) is 0 Å². The van der Waals surface area contributed by atoms with E-state index in [1.807, 2.05) is 6.56 Å². The summed E-state index contributed by atoms with van der Waals surface area (Å²) in [6.45, 7) is 29.0. The van der Waals surface area contributed by atoms with Gasteiger partial charge in [0.15, 0.2) is 0 Å². The average Bonchev–Trinajstić information content (AvgIpc) is 3.55. The second-order valence-electron chi connectivity index (χ2n) is 15.7. The molecule has 228 valence electrons. The fraction of sp³-hybridized carbons (Fsp3) is 0.475. The van der Waals surface area contributed by atoms with E-state index in [1.165, 1.54) is 57.4 Å².